The number of rotatable bonds is 7. The van der Waals surface area contributed by atoms with Gasteiger partial charge in [0.1, 0.15) is 11.6 Å². The predicted molar refractivity (Wildman–Crippen MR) is 84.6 cm³/mol. The van der Waals surface area contributed by atoms with Gasteiger partial charge in [0.2, 0.25) is 5.89 Å². The Labute approximate surface area is 133 Å². The third-order valence-electron chi connectivity index (χ3n) is 3.20. The molecule has 1 aromatic heterocycles. The maximum atomic E-state index is 11.8. The van der Waals surface area contributed by atoms with E-state index in [0.29, 0.717) is 11.8 Å². The zero-order chi connectivity index (χ0) is 16.8. The van der Waals surface area contributed by atoms with E-state index < -0.39 is 11.7 Å². The van der Waals surface area contributed by atoms with E-state index in [1.165, 1.54) is 0 Å². The van der Waals surface area contributed by atoms with Gasteiger partial charge in [-0.1, -0.05) is 31.8 Å². The molecule has 0 radical (unpaired) electrons. The summed E-state index contributed by atoms with van der Waals surface area (Å²) in [6, 6.07) is -0.375. The van der Waals surface area contributed by atoms with Crippen molar-refractivity contribution < 1.29 is 14.1 Å². The molecule has 0 saturated carbocycles. The third-order valence-corrected chi connectivity index (χ3v) is 3.20. The van der Waals surface area contributed by atoms with E-state index in [2.05, 4.69) is 29.3 Å². The van der Waals surface area contributed by atoms with E-state index >= 15 is 0 Å². The molecular formula is C16H29N3O3. The van der Waals surface area contributed by atoms with Crippen LogP contribution in [0.1, 0.15) is 90.9 Å². The zero-order valence-electron chi connectivity index (χ0n) is 14.6. The number of carbonyl (C=O) groups excluding carboxylic acids is 1. The Morgan fingerprint density at radius 1 is 1.27 bits per heavy atom. The van der Waals surface area contributed by atoms with Crippen LogP contribution in [0.4, 0.5) is 4.79 Å². The van der Waals surface area contributed by atoms with Gasteiger partial charge >= 0.3 is 6.09 Å². The lowest BCUT2D eigenvalue weighted by Crippen LogP contribution is -2.34. The fourth-order valence-corrected chi connectivity index (χ4v) is 2.23. The van der Waals surface area contributed by atoms with Crippen LogP contribution >= 0.6 is 0 Å². The summed E-state index contributed by atoms with van der Waals surface area (Å²) < 4.78 is 10.5. The van der Waals surface area contributed by atoms with Crippen LogP contribution in [0.5, 0.6) is 0 Å². The highest BCUT2D eigenvalue weighted by molar-refractivity contribution is 5.68. The van der Waals surface area contributed by atoms with Gasteiger partial charge in [0, 0.05) is 5.92 Å². The van der Waals surface area contributed by atoms with Crippen LogP contribution in [0.3, 0.4) is 0 Å². The SMILES string of the molecule is CCCC(CCC)c1noc([C@H](C)NC(=O)OC(C)(C)C)n1. The maximum absolute atomic E-state index is 11.8. The number of carbonyl (C=O) groups is 1. The monoisotopic (exact) mass is 311 g/mol. The molecule has 0 aromatic carbocycles. The molecule has 0 spiro atoms. The lowest BCUT2D eigenvalue weighted by Gasteiger charge is -2.20. The molecule has 22 heavy (non-hydrogen) atoms. The Bertz CT molecular complexity index is 459. The van der Waals surface area contributed by atoms with Gasteiger partial charge in [-0.15, -0.1) is 0 Å². The number of alkyl carbamates (subject to hydrolysis) is 1. The topological polar surface area (TPSA) is 77.2 Å². The van der Waals surface area contributed by atoms with Gasteiger partial charge in [-0.3, -0.25) is 0 Å². The van der Waals surface area contributed by atoms with Crippen LogP contribution in [0.2, 0.25) is 0 Å². The van der Waals surface area contributed by atoms with Crippen LogP contribution in [-0.4, -0.2) is 21.8 Å². The van der Waals surface area contributed by atoms with Crippen LogP contribution in [0.15, 0.2) is 4.52 Å². The first-order valence-corrected chi connectivity index (χ1v) is 8.09. The molecule has 0 fully saturated rings. The first-order valence-electron chi connectivity index (χ1n) is 8.09. The lowest BCUT2D eigenvalue weighted by atomic mass is 9.98. The normalized spacial score (nSPS) is 13.2. The van der Waals surface area contributed by atoms with Crippen molar-refractivity contribution in [3.05, 3.63) is 11.7 Å². The summed E-state index contributed by atoms with van der Waals surface area (Å²) in [4.78, 5) is 16.2. The van der Waals surface area contributed by atoms with Crippen molar-refractivity contribution in [1.82, 2.24) is 15.5 Å². The number of amides is 1. The summed E-state index contributed by atoms with van der Waals surface area (Å²) in [5.41, 5.74) is -0.531. The molecule has 1 amide bonds. The van der Waals surface area contributed by atoms with Crippen molar-refractivity contribution in [2.24, 2.45) is 0 Å². The molecule has 1 N–H and O–H groups in total. The summed E-state index contributed by atoms with van der Waals surface area (Å²) in [7, 11) is 0. The summed E-state index contributed by atoms with van der Waals surface area (Å²) >= 11 is 0. The highest BCUT2D eigenvalue weighted by Gasteiger charge is 2.23. The molecule has 6 heteroatoms. The average molecular weight is 311 g/mol. The quantitative estimate of drug-likeness (QED) is 0.810. The molecule has 0 aliphatic heterocycles. The second-order valence-corrected chi connectivity index (χ2v) is 6.63. The second-order valence-electron chi connectivity index (χ2n) is 6.63. The number of nitrogens with one attached hydrogen (secondary N) is 1. The number of aromatic nitrogens is 2. The molecule has 6 nitrogen and oxygen atoms in total. The first kappa shape index (κ1) is 18.5. The van der Waals surface area contributed by atoms with E-state index in [-0.39, 0.29) is 6.04 Å². The van der Waals surface area contributed by atoms with Crippen molar-refractivity contribution in [1.29, 1.82) is 0 Å². The first-order chi connectivity index (χ1) is 10.3. The maximum Gasteiger partial charge on any atom is 0.408 e. The van der Waals surface area contributed by atoms with Gasteiger partial charge in [-0.25, -0.2) is 4.79 Å². The van der Waals surface area contributed by atoms with Crippen LogP contribution < -0.4 is 5.32 Å². The van der Waals surface area contributed by atoms with Gasteiger partial charge < -0.3 is 14.6 Å². The van der Waals surface area contributed by atoms with E-state index in [0.717, 1.165) is 31.5 Å². The van der Waals surface area contributed by atoms with Gasteiger partial charge in [0.15, 0.2) is 5.82 Å². The molecule has 1 atom stereocenters. The molecule has 126 valence electrons. The smallest absolute Gasteiger partial charge is 0.408 e. The van der Waals surface area contributed by atoms with Crippen molar-refractivity contribution in [2.45, 2.75) is 84.8 Å². The summed E-state index contributed by atoms with van der Waals surface area (Å²) in [5, 5.41) is 6.79. The Morgan fingerprint density at radius 2 is 1.86 bits per heavy atom. The molecule has 0 bridgehead atoms. The van der Waals surface area contributed by atoms with Crippen molar-refractivity contribution in [3.63, 3.8) is 0 Å². The van der Waals surface area contributed by atoms with Gasteiger partial charge in [0.05, 0.1) is 0 Å². The molecule has 0 unspecified atom stereocenters. The van der Waals surface area contributed by atoms with Crippen LogP contribution in [0, 0.1) is 0 Å². The van der Waals surface area contributed by atoms with E-state index in [4.69, 9.17) is 9.26 Å². The lowest BCUT2D eigenvalue weighted by molar-refractivity contribution is 0.0499. The van der Waals surface area contributed by atoms with E-state index in [1.54, 1.807) is 6.92 Å². The molecule has 0 aliphatic rings. The Hall–Kier alpha value is -1.59. The van der Waals surface area contributed by atoms with Gasteiger partial charge in [-0.05, 0) is 40.5 Å². The minimum absolute atomic E-state index is 0.321. The standard InChI is InChI=1S/C16H29N3O3/c1-7-9-12(10-8-2)13-18-14(22-19-13)11(3)17-15(20)21-16(4,5)6/h11-12H,7-10H2,1-6H3,(H,17,20)/t11-/m0/s1. The predicted octanol–water partition coefficient (Wildman–Crippen LogP) is 4.34. The Kier molecular flexibility index (Phi) is 6.84. The molecule has 0 saturated heterocycles. The number of hydrogen-bond acceptors (Lipinski definition) is 5. The van der Waals surface area contributed by atoms with Gasteiger partial charge in [0.25, 0.3) is 0 Å². The Morgan fingerprint density at radius 3 is 2.36 bits per heavy atom. The summed E-state index contributed by atoms with van der Waals surface area (Å²) in [6.45, 7) is 11.6. The molecule has 0 aliphatic carbocycles. The van der Waals surface area contributed by atoms with Crippen LogP contribution in [-0.2, 0) is 4.74 Å². The summed E-state index contributed by atoms with van der Waals surface area (Å²) in [5.74, 6) is 1.47. The average Bonchev–Trinajstić information content (AvgIpc) is 2.85. The molecule has 1 aromatic rings. The van der Waals surface area contributed by atoms with Crippen molar-refractivity contribution >= 4 is 6.09 Å². The zero-order valence-corrected chi connectivity index (χ0v) is 14.6. The third kappa shape index (κ3) is 6.03. The fraction of sp³-hybridized carbons (Fsp3) is 0.812. The number of ether oxygens (including phenoxy) is 1. The van der Waals surface area contributed by atoms with Crippen LogP contribution in [0.25, 0.3) is 0 Å². The number of nitrogens with zero attached hydrogens (tertiary/aromatic N) is 2. The van der Waals surface area contributed by atoms with Crippen molar-refractivity contribution in [2.75, 3.05) is 0 Å². The largest absolute Gasteiger partial charge is 0.444 e. The Balaban J connectivity index is 2.67. The minimum Gasteiger partial charge on any atom is -0.444 e. The molecular weight excluding hydrogens is 282 g/mol. The summed E-state index contributed by atoms with van der Waals surface area (Å²) in [6.07, 6.45) is 3.76. The minimum atomic E-state index is -0.531. The second kappa shape index (κ2) is 8.15. The highest BCUT2D eigenvalue weighted by Crippen LogP contribution is 2.25. The van der Waals surface area contributed by atoms with Gasteiger partial charge in [-0.2, -0.15) is 4.98 Å². The number of hydrogen-bond donors (Lipinski definition) is 1. The highest BCUT2D eigenvalue weighted by atomic mass is 16.6. The van der Waals surface area contributed by atoms with Crippen molar-refractivity contribution in [3.8, 4) is 0 Å². The fourth-order valence-electron chi connectivity index (χ4n) is 2.23. The van der Waals surface area contributed by atoms with E-state index in [1.807, 2.05) is 20.8 Å². The van der Waals surface area contributed by atoms with E-state index in [9.17, 15) is 4.79 Å². The molecule has 1 heterocycles. The molecule has 1 rings (SSSR count).